The van der Waals surface area contributed by atoms with Crippen LogP contribution in [0.25, 0.3) is 0 Å². The fourth-order valence-electron chi connectivity index (χ4n) is 0.617. The van der Waals surface area contributed by atoms with Crippen LogP contribution in [0.4, 0.5) is 22.0 Å². The highest BCUT2D eigenvalue weighted by atomic mass is 79.9. The van der Waals surface area contributed by atoms with E-state index in [-0.39, 0.29) is 0 Å². The van der Waals surface area contributed by atoms with E-state index in [9.17, 15) is 26.7 Å². The van der Waals surface area contributed by atoms with Gasteiger partial charge in [0.2, 0.25) is 0 Å². The van der Waals surface area contributed by atoms with Crippen LogP contribution in [-0.2, 0) is 4.79 Å². The summed E-state index contributed by atoms with van der Waals surface area (Å²) < 4.78 is 55.8. The molecule has 0 spiro atoms. The van der Waals surface area contributed by atoms with Crippen molar-refractivity contribution in [3.63, 3.8) is 0 Å². The number of Topliss-reactive ketones (excluding diaryl/α,β-unsaturated/α-hetero) is 1. The highest BCUT2D eigenvalue weighted by molar-refractivity contribution is 9.10. The number of ketones is 1. The Hall–Kier alpha value is -0.200. The lowest BCUT2D eigenvalue weighted by Gasteiger charge is -2.42. The molecule has 1 nitrogen and oxygen atoms in total. The topological polar surface area (TPSA) is 17.1 Å². The van der Waals surface area contributed by atoms with Gasteiger partial charge in [0.05, 0.1) is 0 Å². The first-order valence-corrected chi connectivity index (χ1v) is 3.13. The van der Waals surface area contributed by atoms with Gasteiger partial charge in [0.1, 0.15) is 0 Å². The first-order chi connectivity index (χ1) is 4.65. The molecule has 0 aliphatic heterocycles. The number of hydrogen-bond donors (Lipinski definition) is 0. The normalized spacial score (nSPS) is 31.3. The molecule has 0 heterocycles. The van der Waals surface area contributed by atoms with Crippen LogP contribution in [0.15, 0.2) is 0 Å². The molecule has 0 atom stereocenters. The summed E-state index contributed by atoms with van der Waals surface area (Å²) in [7, 11) is 0. The third kappa shape index (κ3) is 0.671. The molecule has 11 heavy (non-hydrogen) atoms. The molecule has 64 valence electrons. The lowest BCUT2D eigenvalue weighted by Crippen LogP contribution is -2.74. The van der Waals surface area contributed by atoms with Gasteiger partial charge in [-0.15, -0.1) is 0 Å². The number of carbonyl (C=O) groups excluding carboxylic acids is 1. The van der Waals surface area contributed by atoms with Crippen LogP contribution in [0, 0.1) is 0 Å². The zero-order valence-corrected chi connectivity index (χ0v) is 6.26. The van der Waals surface area contributed by atoms with Gasteiger partial charge in [-0.2, -0.15) is 17.6 Å². The fourth-order valence-corrected chi connectivity index (χ4v) is 0.977. The third-order valence-corrected chi connectivity index (χ3v) is 2.35. The van der Waals surface area contributed by atoms with E-state index in [2.05, 4.69) is 0 Å². The molecule has 1 aliphatic carbocycles. The highest BCUT2D eigenvalue weighted by Gasteiger charge is 2.88. The summed E-state index contributed by atoms with van der Waals surface area (Å²) >= 11 is 1.46. The quantitative estimate of drug-likeness (QED) is 0.466. The molecule has 1 aliphatic rings. The van der Waals surface area contributed by atoms with Gasteiger partial charge in [0.25, 0.3) is 5.78 Å². The van der Waals surface area contributed by atoms with Crippen LogP contribution >= 0.6 is 15.9 Å². The van der Waals surface area contributed by atoms with Crippen LogP contribution in [0.1, 0.15) is 0 Å². The maximum atomic E-state index is 12.2. The number of rotatable bonds is 0. The lowest BCUT2D eigenvalue weighted by atomic mass is 9.85. The molecule has 0 aromatic heterocycles. The summed E-state index contributed by atoms with van der Waals surface area (Å²) in [4.78, 5) is 9.85. The molecular formula is C4BrF5O. The second kappa shape index (κ2) is 1.75. The van der Waals surface area contributed by atoms with Crippen molar-refractivity contribution in [3.8, 4) is 0 Å². The molecule has 0 bridgehead atoms. The lowest BCUT2D eigenvalue weighted by molar-refractivity contribution is -0.259. The maximum Gasteiger partial charge on any atom is 0.361 e. The van der Waals surface area contributed by atoms with E-state index in [1.54, 1.807) is 0 Å². The zero-order chi connectivity index (χ0) is 9.08. The standard InChI is InChI=1S/C4BrF5O/c5-4(10)2(6,7)1(11)3(4,8)9. The van der Waals surface area contributed by atoms with Gasteiger partial charge in [-0.3, -0.25) is 4.79 Å². The Morgan fingerprint density at radius 3 is 1.36 bits per heavy atom. The Bertz CT molecular complexity index is 203. The Labute approximate surface area is 65.7 Å². The van der Waals surface area contributed by atoms with Crippen LogP contribution in [0.2, 0.25) is 0 Å². The first-order valence-electron chi connectivity index (χ1n) is 2.34. The second-order valence-electron chi connectivity index (χ2n) is 2.05. The molecule has 0 aromatic carbocycles. The van der Waals surface area contributed by atoms with Crippen LogP contribution in [0.5, 0.6) is 0 Å². The van der Waals surface area contributed by atoms with E-state index in [4.69, 9.17) is 0 Å². The van der Waals surface area contributed by atoms with Gasteiger partial charge < -0.3 is 0 Å². The van der Waals surface area contributed by atoms with E-state index in [1.807, 2.05) is 0 Å². The first kappa shape index (κ1) is 8.89. The summed E-state index contributed by atoms with van der Waals surface area (Å²) in [6, 6.07) is 0. The summed E-state index contributed by atoms with van der Waals surface area (Å²) in [6.45, 7) is 0. The SMILES string of the molecule is O=C1C(F)(F)C(F)(Br)C1(F)F. The number of alkyl halides is 6. The van der Waals surface area contributed by atoms with Gasteiger partial charge in [0.15, 0.2) is 0 Å². The van der Waals surface area contributed by atoms with Crippen LogP contribution in [-0.4, -0.2) is 22.2 Å². The van der Waals surface area contributed by atoms with Crippen molar-refractivity contribution in [2.45, 2.75) is 16.4 Å². The molecule has 0 amide bonds. The van der Waals surface area contributed by atoms with Crippen molar-refractivity contribution in [3.05, 3.63) is 0 Å². The minimum atomic E-state index is -4.63. The van der Waals surface area contributed by atoms with Gasteiger partial charge in [-0.25, -0.2) is 4.39 Å². The van der Waals surface area contributed by atoms with Crippen molar-refractivity contribution in [2.24, 2.45) is 0 Å². The largest absolute Gasteiger partial charge is 0.361 e. The Kier molecular flexibility index (Phi) is 1.42. The van der Waals surface area contributed by atoms with Gasteiger partial charge in [0, 0.05) is 0 Å². The summed E-state index contributed by atoms with van der Waals surface area (Å²) in [5.74, 6) is -11.9. The predicted molar refractivity (Wildman–Crippen MR) is 27.7 cm³/mol. The average molecular weight is 239 g/mol. The Morgan fingerprint density at radius 2 is 1.27 bits per heavy atom. The minimum Gasteiger partial charge on any atom is -0.286 e. The molecule has 0 aromatic rings. The monoisotopic (exact) mass is 238 g/mol. The number of carbonyl (C=O) groups is 1. The van der Waals surface area contributed by atoms with E-state index in [0.717, 1.165) is 0 Å². The zero-order valence-electron chi connectivity index (χ0n) is 4.68. The molecule has 0 N–H and O–H groups in total. The second-order valence-corrected chi connectivity index (χ2v) is 3.15. The predicted octanol–water partition coefficient (Wildman–Crippen LogP) is 1.90. The average Bonchev–Trinajstić information content (AvgIpc) is 1.84. The van der Waals surface area contributed by atoms with Crippen molar-refractivity contribution in [1.29, 1.82) is 0 Å². The van der Waals surface area contributed by atoms with Crippen LogP contribution < -0.4 is 0 Å². The Morgan fingerprint density at radius 1 is 1.00 bits per heavy atom. The third-order valence-electron chi connectivity index (χ3n) is 1.36. The van der Waals surface area contributed by atoms with Gasteiger partial charge in [-0.1, -0.05) is 0 Å². The van der Waals surface area contributed by atoms with E-state index in [1.165, 1.54) is 15.9 Å². The molecule has 1 fully saturated rings. The van der Waals surface area contributed by atoms with Gasteiger partial charge in [-0.05, 0) is 15.9 Å². The molecule has 0 saturated heterocycles. The summed E-state index contributed by atoms with van der Waals surface area (Å²) in [5.41, 5.74) is 0. The van der Waals surface area contributed by atoms with E-state index in [0.29, 0.717) is 0 Å². The summed E-state index contributed by atoms with van der Waals surface area (Å²) in [6.07, 6.45) is 0. The fraction of sp³-hybridized carbons (Fsp3) is 0.750. The minimum absolute atomic E-state index is 1.46. The molecule has 0 unspecified atom stereocenters. The molecule has 7 heteroatoms. The van der Waals surface area contributed by atoms with Crippen LogP contribution in [0.3, 0.4) is 0 Å². The van der Waals surface area contributed by atoms with Crippen molar-refractivity contribution < 1.29 is 26.7 Å². The van der Waals surface area contributed by atoms with Crippen molar-refractivity contribution in [2.75, 3.05) is 0 Å². The highest BCUT2D eigenvalue weighted by Crippen LogP contribution is 2.60. The Balaban J connectivity index is 3.08. The summed E-state index contributed by atoms with van der Waals surface area (Å²) in [5, 5.41) is 0. The molecule has 0 radical (unpaired) electrons. The van der Waals surface area contributed by atoms with Crippen molar-refractivity contribution in [1.82, 2.24) is 0 Å². The van der Waals surface area contributed by atoms with E-state index < -0.39 is 22.2 Å². The number of hydrogen-bond acceptors (Lipinski definition) is 1. The maximum absolute atomic E-state index is 12.2. The molecule has 1 rings (SSSR count). The molecular weight excluding hydrogens is 239 g/mol. The van der Waals surface area contributed by atoms with E-state index >= 15 is 0 Å². The van der Waals surface area contributed by atoms with Gasteiger partial charge >= 0.3 is 16.4 Å². The molecule has 1 saturated carbocycles. The smallest absolute Gasteiger partial charge is 0.286 e. The number of halogens is 6. The van der Waals surface area contributed by atoms with Crippen molar-refractivity contribution >= 4 is 21.7 Å².